The normalized spacial score (nSPS) is 26.6. The Morgan fingerprint density at radius 2 is 2.14 bits per heavy atom. The predicted octanol–water partition coefficient (Wildman–Crippen LogP) is -0.641. The standard InChI is InChI=1S/C8H15N3O3/c1-5-4-14-3-2-6(5)7(12)10-11-8(9)13/h5-6H,2-4H2,1H3,(H,10,12)(H3,9,11,13). The Bertz CT molecular complexity index is 232. The highest BCUT2D eigenvalue weighted by Crippen LogP contribution is 2.20. The molecular weight excluding hydrogens is 186 g/mol. The zero-order valence-corrected chi connectivity index (χ0v) is 8.08. The molecule has 3 amide bonds. The van der Waals surface area contributed by atoms with Crippen molar-refractivity contribution in [3.63, 3.8) is 0 Å². The van der Waals surface area contributed by atoms with Crippen LogP contribution in [-0.4, -0.2) is 25.2 Å². The molecule has 80 valence electrons. The molecule has 1 saturated heterocycles. The summed E-state index contributed by atoms with van der Waals surface area (Å²) in [5, 5.41) is 0. The van der Waals surface area contributed by atoms with E-state index in [0.29, 0.717) is 19.6 Å². The van der Waals surface area contributed by atoms with Crippen molar-refractivity contribution in [3.05, 3.63) is 0 Å². The van der Waals surface area contributed by atoms with E-state index in [1.165, 1.54) is 0 Å². The number of ether oxygens (including phenoxy) is 1. The lowest BCUT2D eigenvalue weighted by Gasteiger charge is -2.27. The van der Waals surface area contributed by atoms with Crippen LogP contribution in [0.15, 0.2) is 0 Å². The SMILES string of the molecule is CC1COCCC1C(=O)NNC(N)=O. The molecule has 1 aliphatic heterocycles. The molecule has 2 atom stereocenters. The van der Waals surface area contributed by atoms with E-state index in [1.807, 2.05) is 6.92 Å². The van der Waals surface area contributed by atoms with Crippen molar-refractivity contribution in [2.24, 2.45) is 17.6 Å². The quantitative estimate of drug-likeness (QED) is 0.492. The lowest BCUT2D eigenvalue weighted by Crippen LogP contribution is -2.49. The molecule has 0 saturated carbocycles. The molecule has 1 aliphatic rings. The summed E-state index contributed by atoms with van der Waals surface area (Å²) in [7, 11) is 0. The van der Waals surface area contributed by atoms with E-state index >= 15 is 0 Å². The fraction of sp³-hybridized carbons (Fsp3) is 0.750. The third-order valence-electron chi connectivity index (χ3n) is 2.29. The third kappa shape index (κ3) is 2.88. The van der Waals surface area contributed by atoms with Gasteiger partial charge in [-0.05, 0) is 12.3 Å². The van der Waals surface area contributed by atoms with E-state index in [0.717, 1.165) is 0 Å². The number of rotatable bonds is 1. The predicted molar refractivity (Wildman–Crippen MR) is 49.0 cm³/mol. The molecular formula is C8H15N3O3. The zero-order valence-electron chi connectivity index (χ0n) is 8.08. The van der Waals surface area contributed by atoms with Gasteiger partial charge in [0.25, 0.3) is 0 Å². The maximum Gasteiger partial charge on any atom is 0.330 e. The number of carbonyl (C=O) groups is 2. The first-order valence-electron chi connectivity index (χ1n) is 4.54. The van der Waals surface area contributed by atoms with Crippen LogP contribution < -0.4 is 16.6 Å². The molecule has 1 heterocycles. The van der Waals surface area contributed by atoms with E-state index in [2.05, 4.69) is 10.9 Å². The second-order valence-electron chi connectivity index (χ2n) is 3.43. The summed E-state index contributed by atoms with van der Waals surface area (Å²) >= 11 is 0. The van der Waals surface area contributed by atoms with Crippen LogP contribution in [0, 0.1) is 11.8 Å². The minimum atomic E-state index is -0.766. The van der Waals surface area contributed by atoms with Crippen LogP contribution >= 0.6 is 0 Å². The zero-order chi connectivity index (χ0) is 10.6. The van der Waals surface area contributed by atoms with Crippen LogP contribution in [0.25, 0.3) is 0 Å². The summed E-state index contributed by atoms with van der Waals surface area (Å²) in [4.78, 5) is 21.8. The highest BCUT2D eigenvalue weighted by Gasteiger charge is 2.28. The van der Waals surface area contributed by atoms with Crippen LogP contribution in [-0.2, 0) is 9.53 Å². The number of nitrogens with one attached hydrogen (secondary N) is 2. The molecule has 6 heteroatoms. The third-order valence-corrected chi connectivity index (χ3v) is 2.29. The molecule has 0 radical (unpaired) electrons. The molecule has 4 N–H and O–H groups in total. The second kappa shape index (κ2) is 4.80. The Morgan fingerprint density at radius 1 is 1.43 bits per heavy atom. The number of hydrazine groups is 1. The summed E-state index contributed by atoms with van der Waals surface area (Å²) in [6.45, 7) is 3.10. The summed E-state index contributed by atoms with van der Waals surface area (Å²) in [6.07, 6.45) is 0.674. The van der Waals surface area contributed by atoms with Gasteiger partial charge in [-0.1, -0.05) is 6.92 Å². The molecule has 0 aromatic carbocycles. The fourth-order valence-electron chi connectivity index (χ4n) is 1.49. The minimum Gasteiger partial charge on any atom is -0.381 e. The van der Waals surface area contributed by atoms with E-state index in [9.17, 15) is 9.59 Å². The summed E-state index contributed by atoms with van der Waals surface area (Å²) in [6, 6.07) is -0.766. The number of carbonyl (C=O) groups excluding carboxylic acids is 2. The minimum absolute atomic E-state index is 0.115. The number of hydrogen-bond donors (Lipinski definition) is 3. The van der Waals surface area contributed by atoms with Crippen molar-refractivity contribution >= 4 is 11.9 Å². The first-order valence-corrected chi connectivity index (χ1v) is 4.54. The van der Waals surface area contributed by atoms with Crippen molar-refractivity contribution in [1.82, 2.24) is 10.9 Å². The molecule has 14 heavy (non-hydrogen) atoms. The molecule has 0 aromatic heterocycles. The molecule has 2 unspecified atom stereocenters. The van der Waals surface area contributed by atoms with Crippen LogP contribution in [0.1, 0.15) is 13.3 Å². The first kappa shape index (κ1) is 10.8. The Kier molecular flexibility index (Phi) is 3.70. The Hall–Kier alpha value is -1.30. The van der Waals surface area contributed by atoms with Crippen LogP contribution in [0.4, 0.5) is 4.79 Å². The van der Waals surface area contributed by atoms with Crippen molar-refractivity contribution in [2.45, 2.75) is 13.3 Å². The van der Waals surface area contributed by atoms with Gasteiger partial charge in [0.05, 0.1) is 0 Å². The van der Waals surface area contributed by atoms with Gasteiger partial charge in [-0.2, -0.15) is 0 Å². The van der Waals surface area contributed by atoms with Crippen LogP contribution in [0.5, 0.6) is 0 Å². The van der Waals surface area contributed by atoms with Crippen molar-refractivity contribution < 1.29 is 14.3 Å². The van der Waals surface area contributed by atoms with E-state index in [-0.39, 0.29) is 17.7 Å². The highest BCUT2D eigenvalue weighted by molar-refractivity contribution is 5.82. The molecule has 0 spiro atoms. The van der Waals surface area contributed by atoms with Crippen LogP contribution in [0.2, 0.25) is 0 Å². The Balaban J connectivity index is 2.38. The molecule has 0 bridgehead atoms. The summed E-state index contributed by atoms with van der Waals surface area (Å²) < 4.78 is 5.20. The Morgan fingerprint density at radius 3 is 2.71 bits per heavy atom. The highest BCUT2D eigenvalue weighted by atomic mass is 16.5. The van der Waals surface area contributed by atoms with Gasteiger partial charge in [0, 0.05) is 19.1 Å². The van der Waals surface area contributed by atoms with Gasteiger partial charge in [-0.15, -0.1) is 0 Å². The molecule has 0 aromatic rings. The smallest absolute Gasteiger partial charge is 0.330 e. The van der Waals surface area contributed by atoms with Gasteiger partial charge in [0.15, 0.2) is 0 Å². The van der Waals surface area contributed by atoms with Crippen molar-refractivity contribution in [3.8, 4) is 0 Å². The van der Waals surface area contributed by atoms with Gasteiger partial charge >= 0.3 is 6.03 Å². The van der Waals surface area contributed by atoms with Crippen molar-refractivity contribution in [1.29, 1.82) is 0 Å². The second-order valence-corrected chi connectivity index (χ2v) is 3.43. The lowest BCUT2D eigenvalue weighted by atomic mass is 9.89. The number of hydrogen-bond acceptors (Lipinski definition) is 3. The number of amides is 3. The summed E-state index contributed by atoms with van der Waals surface area (Å²) in [5.41, 5.74) is 9.14. The van der Waals surface area contributed by atoms with Gasteiger partial charge < -0.3 is 10.5 Å². The number of urea groups is 1. The van der Waals surface area contributed by atoms with Gasteiger partial charge in [0.1, 0.15) is 0 Å². The van der Waals surface area contributed by atoms with Gasteiger partial charge in [0.2, 0.25) is 5.91 Å². The van der Waals surface area contributed by atoms with E-state index < -0.39 is 6.03 Å². The number of nitrogens with two attached hydrogens (primary N) is 1. The lowest BCUT2D eigenvalue weighted by molar-refractivity contribution is -0.131. The topological polar surface area (TPSA) is 93.4 Å². The van der Waals surface area contributed by atoms with Gasteiger partial charge in [-0.3, -0.25) is 10.2 Å². The average molecular weight is 201 g/mol. The maximum atomic E-state index is 11.5. The molecule has 1 fully saturated rings. The molecule has 1 rings (SSSR count). The van der Waals surface area contributed by atoms with Gasteiger partial charge in [-0.25, -0.2) is 10.2 Å². The molecule has 0 aliphatic carbocycles. The van der Waals surface area contributed by atoms with Crippen LogP contribution in [0.3, 0.4) is 0 Å². The first-order chi connectivity index (χ1) is 6.61. The fourth-order valence-corrected chi connectivity index (χ4v) is 1.49. The molecule has 6 nitrogen and oxygen atoms in total. The average Bonchev–Trinajstić information content (AvgIpc) is 2.15. The van der Waals surface area contributed by atoms with E-state index in [4.69, 9.17) is 10.5 Å². The largest absolute Gasteiger partial charge is 0.381 e. The van der Waals surface area contributed by atoms with Crippen molar-refractivity contribution in [2.75, 3.05) is 13.2 Å². The number of primary amides is 1. The Labute approximate surface area is 82.1 Å². The monoisotopic (exact) mass is 201 g/mol. The van der Waals surface area contributed by atoms with E-state index in [1.54, 1.807) is 0 Å². The summed E-state index contributed by atoms with van der Waals surface area (Å²) in [5.74, 6) is -0.159. The maximum absolute atomic E-state index is 11.5.